The maximum atomic E-state index is 10.7. The maximum Gasteiger partial charge on any atom is 2.00 e. The van der Waals surface area contributed by atoms with Crippen molar-refractivity contribution in [3.63, 3.8) is 0 Å². The molecule has 0 aliphatic heterocycles. The average molecular weight is 819 g/mol. The SMILES string of the molecule is CCCCCCC/C=C/C(CCCCCCCCCC)COS(=O)(=O)[O-].CCCCCCC/C=C/C(CCCCCCCCCC)COS(=O)(=O)[O-].[Ca+2]. The third-order valence-corrected chi connectivity index (χ3v) is 10.3. The van der Waals surface area contributed by atoms with Gasteiger partial charge in [-0.2, -0.15) is 0 Å². The molecule has 2 unspecified atom stereocenters. The molecule has 0 saturated carbocycles. The van der Waals surface area contributed by atoms with Gasteiger partial charge in [0.1, 0.15) is 0 Å². The summed E-state index contributed by atoms with van der Waals surface area (Å²) in [7, 11) is -9.19. The molecular formula is C42H82CaO8S2. The summed E-state index contributed by atoms with van der Waals surface area (Å²) in [5.41, 5.74) is 0. The summed E-state index contributed by atoms with van der Waals surface area (Å²) in [6.07, 6.45) is 44.6. The molecule has 0 aromatic rings. The maximum absolute atomic E-state index is 10.7. The Kier molecular flexibility index (Phi) is 47.5. The van der Waals surface area contributed by atoms with E-state index in [-0.39, 0.29) is 62.8 Å². The monoisotopic (exact) mass is 819 g/mol. The summed E-state index contributed by atoms with van der Waals surface area (Å²) in [6.45, 7) is 8.83. The zero-order valence-corrected chi connectivity index (χ0v) is 38.7. The number of unbranched alkanes of at least 4 members (excludes halogenated alkanes) is 24. The zero-order valence-electron chi connectivity index (χ0n) is 34.9. The van der Waals surface area contributed by atoms with Crippen LogP contribution in [0.5, 0.6) is 0 Å². The first-order chi connectivity index (χ1) is 25.0. The molecule has 53 heavy (non-hydrogen) atoms. The van der Waals surface area contributed by atoms with E-state index < -0.39 is 20.8 Å². The molecule has 0 saturated heterocycles. The Labute approximate surface area is 359 Å². The van der Waals surface area contributed by atoms with Crippen molar-refractivity contribution in [3.05, 3.63) is 24.3 Å². The molecule has 8 nitrogen and oxygen atoms in total. The quantitative estimate of drug-likeness (QED) is 0.0198. The van der Waals surface area contributed by atoms with Crippen molar-refractivity contribution in [2.24, 2.45) is 11.8 Å². The van der Waals surface area contributed by atoms with Crippen LogP contribution in [-0.2, 0) is 29.2 Å². The van der Waals surface area contributed by atoms with Gasteiger partial charge >= 0.3 is 37.7 Å². The van der Waals surface area contributed by atoms with Crippen LogP contribution in [0.1, 0.15) is 220 Å². The first-order valence-electron chi connectivity index (χ1n) is 21.5. The Bertz CT molecular complexity index is 923. The molecule has 0 spiro atoms. The third-order valence-electron chi connectivity index (χ3n) is 9.48. The van der Waals surface area contributed by atoms with Crippen molar-refractivity contribution in [2.75, 3.05) is 13.2 Å². The van der Waals surface area contributed by atoms with Gasteiger partial charge in [-0.3, -0.25) is 8.37 Å². The van der Waals surface area contributed by atoms with Gasteiger partial charge in [-0.15, -0.1) is 0 Å². The normalized spacial score (nSPS) is 13.2. The van der Waals surface area contributed by atoms with Gasteiger partial charge in [0.25, 0.3) is 0 Å². The van der Waals surface area contributed by atoms with Gasteiger partial charge in [-0.25, -0.2) is 16.8 Å². The zero-order chi connectivity index (χ0) is 39.0. The second-order valence-electron chi connectivity index (χ2n) is 14.7. The molecule has 0 radical (unpaired) electrons. The summed E-state index contributed by atoms with van der Waals surface area (Å²) in [4.78, 5) is 0. The second kappa shape index (κ2) is 43.6. The molecule has 2 atom stereocenters. The van der Waals surface area contributed by atoms with Gasteiger partial charge in [-0.05, 0) is 38.5 Å². The van der Waals surface area contributed by atoms with Gasteiger partial charge in [0.2, 0.25) is 20.8 Å². The number of hydrogen-bond acceptors (Lipinski definition) is 8. The molecule has 0 aliphatic carbocycles. The fourth-order valence-corrected chi connectivity index (χ4v) is 6.88. The Hall–Kier alpha value is 0.480. The molecule has 0 aromatic heterocycles. The van der Waals surface area contributed by atoms with E-state index in [1.54, 1.807) is 0 Å². The topological polar surface area (TPSA) is 133 Å². The fraction of sp³-hybridized carbons (Fsp3) is 0.905. The Morgan fingerprint density at radius 2 is 0.660 bits per heavy atom. The van der Waals surface area contributed by atoms with Crippen LogP contribution < -0.4 is 0 Å². The smallest absolute Gasteiger partial charge is 0.726 e. The predicted molar refractivity (Wildman–Crippen MR) is 224 cm³/mol. The van der Waals surface area contributed by atoms with Crippen LogP contribution in [0.2, 0.25) is 0 Å². The second-order valence-corrected chi connectivity index (χ2v) is 16.8. The average Bonchev–Trinajstić information content (AvgIpc) is 3.09. The summed E-state index contributed by atoms with van der Waals surface area (Å²) in [5.74, 6) is 0.0453. The van der Waals surface area contributed by atoms with E-state index in [9.17, 15) is 25.9 Å². The van der Waals surface area contributed by atoms with Crippen molar-refractivity contribution < 1.29 is 34.3 Å². The summed E-state index contributed by atoms with van der Waals surface area (Å²) in [6, 6.07) is 0. The molecule has 0 fully saturated rings. The minimum atomic E-state index is -4.60. The molecule has 0 aliphatic rings. The van der Waals surface area contributed by atoms with E-state index in [0.29, 0.717) is 0 Å². The molecule has 0 amide bonds. The van der Waals surface area contributed by atoms with Gasteiger partial charge in [0.05, 0.1) is 13.2 Å². The first kappa shape index (κ1) is 57.8. The standard InChI is InChI=1S/2C21H42O4S.Ca/c2*1-3-5-7-9-11-13-15-17-19-21(20-25-26(22,23)24)18-16-14-12-10-8-6-4-2;/h2*16,18,21H,3-15,17,19-20H2,1-2H3,(H,22,23,24);/q;;+2/p-2/b2*18-16+;. The summed E-state index contributed by atoms with van der Waals surface area (Å²) >= 11 is 0. The Morgan fingerprint density at radius 1 is 0.415 bits per heavy atom. The van der Waals surface area contributed by atoms with Crippen LogP contribution in [0.25, 0.3) is 0 Å². The van der Waals surface area contributed by atoms with Crippen LogP contribution in [0.15, 0.2) is 24.3 Å². The first-order valence-corrected chi connectivity index (χ1v) is 24.2. The molecule has 0 rings (SSSR count). The van der Waals surface area contributed by atoms with Crippen molar-refractivity contribution in [1.29, 1.82) is 0 Å². The van der Waals surface area contributed by atoms with Crippen molar-refractivity contribution in [1.82, 2.24) is 0 Å². The van der Waals surface area contributed by atoms with E-state index in [2.05, 4.69) is 48.2 Å². The van der Waals surface area contributed by atoms with E-state index in [1.807, 2.05) is 12.2 Å². The van der Waals surface area contributed by atoms with Crippen LogP contribution in [0.3, 0.4) is 0 Å². The molecule has 11 heteroatoms. The summed E-state index contributed by atoms with van der Waals surface area (Å²) in [5, 5.41) is 0. The molecule has 0 bridgehead atoms. The fourth-order valence-electron chi connectivity index (χ4n) is 6.20. The number of hydrogen-bond donors (Lipinski definition) is 0. The molecular weight excluding hydrogens is 737 g/mol. The number of rotatable bonds is 38. The van der Waals surface area contributed by atoms with Gasteiger partial charge in [-0.1, -0.05) is 206 Å². The van der Waals surface area contributed by atoms with Gasteiger partial charge < -0.3 is 9.11 Å². The molecule has 312 valence electrons. The van der Waals surface area contributed by atoms with E-state index in [4.69, 9.17) is 0 Å². The largest absolute Gasteiger partial charge is 2.00 e. The van der Waals surface area contributed by atoms with E-state index in [0.717, 1.165) is 51.4 Å². The van der Waals surface area contributed by atoms with E-state index >= 15 is 0 Å². The van der Waals surface area contributed by atoms with Crippen molar-refractivity contribution in [3.8, 4) is 0 Å². The van der Waals surface area contributed by atoms with Crippen LogP contribution >= 0.6 is 0 Å². The van der Waals surface area contributed by atoms with Gasteiger partial charge in [0.15, 0.2) is 0 Å². The summed E-state index contributed by atoms with van der Waals surface area (Å²) < 4.78 is 73.3. The minimum absolute atomic E-state index is 0. The van der Waals surface area contributed by atoms with Crippen LogP contribution in [0, 0.1) is 11.8 Å². The predicted octanol–water partition coefficient (Wildman–Crippen LogP) is 12.7. The molecule has 0 heterocycles. The van der Waals surface area contributed by atoms with E-state index in [1.165, 1.54) is 141 Å². The Morgan fingerprint density at radius 3 is 0.925 bits per heavy atom. The number of allylic oxidation sites excluding steroid dienone is 2. The molecule has 0 N–H and O–H groups in total. The minimum Gasteiger partial charge on any atom is -0.726 e. The van der Waals surface area contributed by atoms with Crippen molar-refractivity contribution in [2.45, 2.75) is 220 Å². The van der Waals surface area contributed by atoms with Gasteiger partial charge in [0, 0.05) is 11.8 Å². The van der Waals surface area contributed by atoms with Crippen LogP contribution in [0.4, 0.5) is 0 Å². The third kappa shape index (κ3) is 52.5. The van der Waals surface area contributed by atoms with Crippen LogP contribution in [-0.4, -0.2) is 76.9 Å². The van der Waals surface area contributed by atoms with Crippen molar-refractivity contribution >= 4 is 58.5 Å². The Balaban J connectivity index is -0.000000926. The molecule has 0 aromatic carbocycles.